The number of ether oxygens (including phenoxy) is 4. The highest BCUT2D eigenvalue weighted by Gasteiger charge is 2.29. The van der Waals surface area contributed by atoms with E-state index >= 15 is 0 Å². The monoisotopic (exact) mass is 943 g/mol. The first-order valence-corrected chi connectivity index (χ1v) is 27.4. The second-order valence-electron chi connectivity index (χ2n) is 18.1. The predicted octanol–water partition coefficient (Wildman–Crippen LogP) is 17.3. The Morgan fingerprint density at radius 1 is 0.515 bits per heavy atom. The van der Waals surface area contributed by atoms with Crippen LogP contribution in [0.1, 0.15) is 137 Å². The quantitative estimate of drug-likeness (QED) is 0.0445. The Morgan fingerprint density at radius 3 is 1.35 bits per heavy atom. The van der Waals surface area contributed by atoms with Gasteiger partial charge in [-0.05, 0) is 102 Å². The molecule has 2 unspecified atom stereocenters. The molecular weight excluding hydrogens is 875 g/mol. The molecule has 6 nitrogen and oxygen atoms in total. The van der Waals surface area contributed by atoms with Crippen molar-refractivity contribution in [1.29, 1.82) is 0 Å². The Labute approximate surface area is 406 Å². The molecule has 0 aliphatic carbocycles. The molecule has 0 bridgehead atoms. The first-order valence-electron chi connectivity index (χ1n) is 25.0. The Balaban J connectivity index is 1.14. The summed E-state index contributed by atoms with van der Waals surface area (Å²) in [7, 11) is 0. The molecule has 0 spiro atoms. The largest absolute Gasteiger partial charge is 0.485 e. The third kappa shape index (κ3) is 11.1. The summed E-state index contributed by atoms with van der Waals surface area (Å²) in [5, 5.41) is 0. The van der Waals surface area contributed by atoms with Crippen LogP contribution in [0.25, 0.3) is 31.3 Å². The highest BCUT2D eigenvalue weighted by molar-refractivity contribution is 7.17. The summed E-state index contributed by atoms with van der Waals surface area (Å²) in [6.07, 6.45) is 18.6. The summed E-state index contributed by atoms with van der Waals surface area (Å²) >= 11 is 5.28. The maximum atomic E-state index is 12.0. The molecule has 0 fully saturated rings. The molecule has 66 heavy (non-hydrogen) atoms. The SMILES string of the molecule is CCCCCCc1cc(C=O)sc1-c1ccc(N(c2ccc(-c3sc(CC(CC)CCCC)c4c3OCCO4)cc2)c2ccc(-c3sc(CC(CC)CCCC)c4c3OCCO4)cc2)cc1. The van der Waals surface area contributed by atoms with E-state index in [1.807, 2.05) is 22.7 Å². The number of fused-ring (bicyclic) bond motifs is 2. The summed E-state index contributed by atoms with van der Waals surface area (Å²) in [5.74, 6) is 4.99. The first kappa shape index (κ1) is 47.9. The molecule has 2 aliphatic heterocycles. The van der Waals surface area contributed by atoms with Gasteiger partial charge >= 0.3 is 0 Å². The van der Waals surface area contributed by atoms with Gasteiger partial charge in [-0.25, -0.2) is 0 Å². The highest BCUT2D eigenvalue weighted by atomic mass is 32.1. The molecule has 8 rings (SSSR count). The van der Waals surface area contributed by atoms with Crippen LogP contribution in [-0.4, -0.2) is 32.7 Å². The van der Waals surface area contributed by atoms with Crippen molar-refractivity contribution in [2.45, 2.75) is 131 Å². The summed E-state index contributed by atoms with van der Waals surface area (Å²) < 4.78 is 25.4. The van der Waals surface area contributed by atoms with Crippen molar-refractivity contribution < 1.29 is 23.7 Å². The summed E-state index contributed by atoms with van der Waals surface area (Å²) in [6.45, 7) is 13.7. The molecule has 5 heterocycles. The Hall–Kier alpha value is -4.57. The molecule has 2 aliphatic rings. The lowest BCUT2D eigenvalue weighted by atomic mass is 9.95. The molecule has 0 saturated carbocycles. The number of hydrogen-bond donors (Lipinski definition) is 0. The van der Waals surface area contributed by atoms with Crippen molar-refractivity contribution in [3.05, 3.63) is 99.1 Å². The highest BCUT2D eigenvalue weighted by Crippen LogP contribution is 2.53. The van der Waals surface area contributed by atoms with Gasteiger partial charge in [-0.3, -0.25) is 4.79 Å². The molecule has 0 N–H and O–H groups in total. The third-order valence-electron chi connectivity index (χ3n) is 13.4. The number of nitrogens with zero attached hydrogens (tertiary/aromatic N) is 1. The maximum absolute atomic E-state index is 12.0. The summed E-state index contributed by atoms with van der Waals surface area (Å²) in [5.41, 5.74) is 7.88. The second-order valence-corrected chi connectivity index (χ2v) is 21.4. The molecule has 9 heteroatoms. The summed E-state index contributed by atoms with van der Waals surface area (Å²) in [4.78, 5) is 21.2. The number of aryl methyl sites for hydroxylation is 1. The van der Waals surface area contributed by atoms with Crippen LogP contribution < -0.4 is 23.8 Å². The van der Waals surface area contributed by atoms with Crippen molar-refractivity contribution in [2.75, 3.05) is 31.3 Å². The van der Waals surface area contributed by atoms with Crippen LogP contribution in [-0.2, 0) is 19.3 Å². The fourth-order valence-electron chi connectivity index (χ4n) is 9.49. The van der Waals surface area contributed by atoms with Crippen LogP contribution in [0.5, 0.6) is 23.0 Å². The topological polar surface area (TPSA) is 57.2 Å². The zero-order chi connectivity index (χ0) is 45.8. The Morgan fingerprint density at radius 2 is 0.939 bits per heavy atom. The van der Waals surface area contributed by atoms with Crippen LogP contribution in [0.2, 0.25) is 0 Å². The number of benzene rings is 3. The van der Waals surface area contributed by atoms with Crippen molar-refractivity contribution in [3.63, 3.8) is 0 Å². The van der Waals surface area contributed by atoms with Crippen molar-refractivity contribution >= 4 is 57.4 Å². The number of thiophene rings is 3. The van der Waals surface area contributed by atoms with E-state index in [1.165, 1.54) is 90.8 Å². The number of aldehydes is 1. The molecule has 0 radical (unpaired) electrons. The maximum Gasteiger partial charge on any atom is 0.180 e. The number of hydrogen-bond acceptors (Lipinski definition) is 9. The van der Waals surface area contributed by atoms with Crippen LogP contribution in [0.4, 0.5) is 17.1 Å². The lowest BCUT2D eigenvalue weighted by molar-refractivity contribution is 0.112. The standard InChI is InChI=1S/C57H69NO5S3/c1-6-11-14-15-18-44-37-48(38-59)64-55(44)41-19-25-45(26-20-41)58(46-27-21-42(22-28-46)56-53-51(60-31-33-62-53)49(65-56)35-39(9-4)16-12-7-2)47-29-23-43(24-30-47)57-54-52(61-32-34-63-54)50(66-57)36-40(10-5)17-13-8-3/h19-30,37-40H,6-18,31-36H2,1-5H3. The molecule has 3 aromatic heterocycles. The molecule has 2 atom stereocenters. The van der Waals surface area contributed by atoms with Gasteiger partial charge in [0.15, 0.2) is 29.3 Å². The van der Waals surface area contributed by atoms with E-state index in [0.29, 0.717) is 38.3 Å². The van der Waals surface area contributed by atoms with Crippen molar-refractivity contribution in [1.82, 2.24) is 0 Å². The number of carbonyl (C=O) groups is 1. The van der Waals surface area contributed by atoms with Gasteiger partial charge in [0.1, 0.15) is 26.4 Å². The fraction of sp³-hybridized carbons (Fsp3) is 0.456. The second kappa shape index (κ2) is 23.4. The van der Waals surface area contributed by atoms with Gasteiger partial charge in [0.25, 0.3) is 0 Å². The van der Waals surface area contributed by atoms with Crippen LogP contribution in [0, 0.1) is 11.8 Å². The zero-order valence-corrected chi connectivity index (χ0v) is 42.3. The van der Waals surface area contributed by atoms with E-state index < -0.39 is 0 Å². The molecular formula is C57H69NO5S3. The van der Waals surface area contributed by atoms with Gasteiger partial charge in [-0.2, -0.15) is 0 Å². The molecule has 0 amide bonds. The predicted molar refractivity (Wildman–Crippen MR) is 280 cm³/mol. The first-order chi connectivity index (χ1) is 32.5. The number of rotatable bonds is 24. The lowest BCUT2D eigenvalue weighted by Crippen LogP contribution is -2.15. The normalized spacial score (nSPS) is 14.0. The minimum atomic E-state index is 0.566. The smallest absolute Gasteiger partial charge is 0.180 e. The van der Waals surface area contributed by atoms with Crippen LogP contribution in [0.15, 0.2) is 78.9 Å². The minimum absolute atomic E-state index is 0.566. The van der Waals surface area contributed by atoms with E-state index in [4.69, 9.17) is 18.9 Å². The Bertz CT molecular complexity index is 2340. The average Bonchev–Trinajstić information content (AvgIpc) is 4.07. The Kier molecular flexibility index (Phi) is 17.0. The minimum Gasteiger partial charge on any atom is -0.485 e. The van der Waals surface area contributed by atoms with Crippen LogP contribution >= 0.6 is 34.0 Å². The van der Waals surface area contributed by atoms with Crippen LogP contribution in [0.3, 0.4) is 0 Å². The van der Waals surface area contributed by atoms with Gasteiger partial charge in [0, 0.05) is 21.9 Å². The number of anilines is 3. The fourth-order valence-corrected chi connectivity index (χ4v) is 13.1. The van der Waals surface area contributed by atoms with E-state index in [1.54, 1.807) is 11.3 Å². The lowest BCUT2D eigenvalue weighted by Gasteiger charge is -2.26. The average molecular weight is 944 g/mol. The van der Waals surface area contributed by atoms with Gasteiger partial charge in [-0.1, -0.05) is 142 Å². The number of unbranched alkanes of at least 4 members (excludes halogenated alkanes) is 5. The molecule has 0 saturated heterocycles. The number of carbonyl (C=O) groups excluding carboxylic acids is 1. The van der Waals surface area contributed by atoms with E-state index in [2.05, 4.69) is 118 Å². The molecule has 6 aromatic rings. The van der Waals surface area contributed by atoms with E-state index in [0.717, 1.165) is 103 Å². The van der Waals surface area contributed by atoms with Gasteiger partial charge < -0.3 is 23.8 Å². The third-order valence-corrected chi connectivity index (χ3v) is 17.0. The van der Waals surface area contributed by atoms with E-state index in [-0.39, 0.29) is 0 Å². The molecule has 3 aromatic carbocycles. The summed E-state index contributed by atoms with van der Waals surface area (Å²) in [6, 6.07) is 28.9. The van der Waals surface area contributed by atoms with Crippen molar-refractivity contribution in [3.8, 4) is 54.3 Å². The van der Waals surface area contributed by atoms with Gasteiger partial charge in [-0.15, -0.1) is 34.0 Å². The zero-order valence-electron chi connectivity index (χ0n) is 39.9. The van der Waals surface area contributed by atoms with Gasteiger partial charge in [0.2, 0.25) is 0 Å². The van der Waals surface area contributed by atoms with E-state index in [9.17, 15) is 4.79 Å². The van der Waals surface area contributed by atoms with Crippen molar-refractivity contribution in [2.24, 2.45) is 11.8 Å². The molecule has 350 valence electrons. The van der Waals surface area contributed by atoms with Gasteiger partial charge in [0.05, 0.1) is 24.4 Å².